The first-order valence-electron chi connectivity index (χ1n) is 7.59. The molecule has 120 valence electrons. The molecule has 0 saturated heterocycles. The van der Waals surface area contributed by atoms with Crippen LogP contribution < -0.4 is 9.75 Å². The molecule has 0 heterocycles. The molecule has 4 heteroatoms. The van der Waals surface area contributed by atoms with Crippen molar-refractivity contribution in [3.63, 3.8) is 0 Å². The maximum Gasteiger partial charge on any atom is 0.160 e. The number of nitrogens with zero attached hydrogens (tertiary/aromatic N) is 2. The smallest absolute Gasteiger partial charge is 0.160 e. The van der Waals surface area contributed by atoms with Crippen LogP contribution in [0.15, 0.2) is 84.0 Å². The number of aromatic hydroxyl groups is 1. The molecular weight excluding hydrogens is 300 g/mol. The minimum absolute atomic E-state index is 0.0902. The van der Waals surface area contributed by atoms with E-state index >= 15 is 0 Å². The fourth-order valence-corrected chi connectivity index (χ4v) is 2.33. The van der Waals surface area contributed by atoms with E-state index in [9.17, 15) is 5.11 Å². The summed E-state index contributed by atoms with van der Waals surface area (Å²) in [5.41, 5.74) is 2.69. The Morgan fingerprint density at radius 1 is 0.875 bits per heavy atom. The second-order valence-corrected chi connectivity index (χ2v) is 5.16. The summed E-state index contributed by atoms with van der Waals surface area (Å²) in [6.45, 7) is 0. The number of rotatable bonds is 5. The molecule has 1 N–H and O–H groups in total. The van der Waals surface area contributed by atoms with Crippen molar-refractivity contribution in [2.75, 3.05) is 12.1 Å². The van der Waals surface area contributed by atoms with Gasteiger partial charge in [0.15, 0.2) is 11.5 Å². The Hall–Kier alpha value is -3.27. The fraction of sp³-hybridized carbons (Fsp3) is 0.0500. The number of phenols is 1. The molecule has 4 nitrogen and oxygen atoms in total. The quantitative estimate of drug-likeness (QED) is 0.553. The van der Waals surface area contributed by atoms with E-state index in [4.69, 9.17) is 4.74 Å². The van der Waals surface area contributed by atoms with Crippen LogP contribution in [0.4, 0.5) is 11.4 Å². The zero-order valence-electron chi connectivity index (χ0n) is 13.3. The number of hydrazone groups is 1. The predicted octanol–water partition coefficient (Wildman–Crippen LogP) is 4.57. The third kappa shape index (κ3) is 3.55. The van der Waals surface area contributed by atoms with Crippen molar-refractivity contribution in [1.82, 2.24) is 0 Å². The third-order valence-electron chi connectivity index (χ3n) is 3.53. The van der Waals surface area contributed by atoms with Gasteiger partial charge in [0.2, 0.25) is 0 Å². The zero-order chi connectivity index (χ0) is 16.8. The lowest BCUT2D eigenvalue weighted by molar-refractivity contribution is 0.373. The first-order valence-corrected chi connectivity index (χ1v) is 7.59. The van der Waals surface area contributed by atoms with Crippen LogP contribution in [0.2, 0.25) is 0 Å². The van der Waals surface area contributed by atoms with E-state index < -0.39 is 0 Å². The van der Waals surface area contributed by atoms with Crippen molar-refractivity contribution in [3.05, 3.63) is 84.4 Å². The molecule has 24 heavy (non-hydrogen) atoms. The zero-order valence-corrected chi connectivity index (χ0v) is 13.3. The SMILES string of the molecule is COc1ccc(C=NN(c2ccccc2)c2ccccc2)cc1O. The second kappa shape index (κ2) is 7.33. The van der Waals surface area contributed by atoms with Crippen LogP contribution in [0.5, 0.6) is 11.5 Å². The molecular formula is C20H18N2O2. The van der Waals surface area contributed by atoms with Crippen LogP contribution in [0.25, 0.3) is 0 Å². The number of anilines is 2. The van der Waals surface area contributed by atoms with Crippen LogP contribution in [-0.4, -0.2) is 18.4 Å². The summed E-state index contributed by atoms with van der Waals surface area (Å²) in [4.78, 5) is 0. The van der Waals surface area contributed by atoms with Gasteiger partial charge in [-0.3, -0.25) is 0 Å². The van der Waals surface area contributed by atoms with E-state index in [-0.39, 0.29) is 5.75 Å². The highest BCUT2D eigenvalue weighted by atomic mass is 16.5. The van der Waals surface area contributed by atoms with Gasteiger partial charge < -0.3 is 9.84 Å². The summed E-state index contributed by atoms with van der Waals surface area (Å²) in [5.74, 6) is 0.530. The lowest BCUT2D eigenvalue weighted by atomic mass is 10.2. The Labute approximate surface area is 141 Å². The third-order valence-corrected chi connectivity index (χ3v) is 3.53. The van der Waals surface area contributed by atoms with Crippen molar-refractivity contribution in [1.29, 1.82) is 0 Å². The average Bonchev–Trinajstić information content (AvgIpc) is 2.64. The highest BCUT2D eigenvalue weighted by Gasteiger charge is 2.07. The van der Waals surface area contributed by atoms with E-state index in [1.54, 1.807) is 18.3 Å². The molecule has 0 aliphatic rings. The molecule has 0 unspecified atom stereocenters. The molecule has 0 atom stereocenters. The van der Waals surface area contributed by atoms with Crippen molar-refractivity contribution in [2.24, 2.45) is 5.10 Å². The molecule has 3 aromatic carbocycles. The topological polar surface area (TPSA) is 45.1 Å². The lowest BCUT2D eigenvalue weighted by Crippen LogP contribution is -2.09. The summed E-state index contributed by atoms with van der Waals surface area (Å²) in [7, 11) is 1.52. The minimum Gasteiger partial charge on any atom is -0.504 e. The van der Waals surface area contributed by atoms with Gasteiger partial charge in [-0.15, -0.1) is 0 Å². The number of ether oxygens (including phenoxy) is 1. The Bertz CT molecular complexity index is 778. The number of methoxy groups -OCH3 is 1. The maximum atomic E-state index is 9.89. The van der Waals surface area contributed by atoms with Gasteiger partial charge in [-0.05, 0) is 48.0 Å². The number of hydrogen-bond acceptors (Lipinski definition) is 4. The molecule has 0 spiro atoms. The van der Waals surface area contributed by atoms with Crippen LogP contribution in [0.1, 0.15) is 5.56 Å². The summed E-state index contributed by atoms with van der Waals surface area (Å²) in [5, 5.41) is 16.3. The van der Waals surface area contributed by atoms with E-state index in [0.29, 0.717) is 5.75 Å². The minimum atomic E-state index is 0.0902. The monoisotopic (exact) mass is 318 g/mol. The summed E-state index contributed by atoms with van der Waals surface area (Å²) in [6, 6.07) is 25.0. The van der Waals surface area contributed by atoms with Crippen molar-refractivity contribution < 1.29 is 9.84 Å². The van der Waals surface area contributed by atoms with Crippen LogP contribution in [0, 0.1) is 0 Å². The molecule has 3 rings (SSSR count). The van der Waals surface area contributed by atoms with Crippen LogP contribution in [-0.2, 0) is 0 Å². The lowest BCUT2D eigenvalue weighted by Gasteiger charge is -2.19. The van der Waals surface area contributed by atoms with E-state index in [0.717, 1.165) is 16.9 Å². The normalized spacial score (nSPS) is 10.7. The van der Waals surface area contributed by atoms with Crippen molar-refractivity contribution in [3.8, 4) is 11.5 Å². The first-order chi connectivity index (χ1) is 11.8. The fourth-order valence-electron chi connectivity index (χ4n) is 2.33. The van der Waals surface area contributed by atoms with Gasteiger partial charge in [0, 0.05) is 0 Å². The van der Waals surface area contributed by atoms with Crippen LogP contribution >= 0.6 is 0 Å². The number of phenolic OH excluding ortho intramolecular Hbond substituents is 1. The number of benzene rings is 3. The van der Waals surface area contributed by atoms with Gasteiger partial charge in [-0.25, -0.2) is 5.01 Å². The Morgan fingerprint density at radius 3 is 1.96 bits per heavy atom. The largest absolute Gasteiger partial charge is 0.504 e. The molecule has 3 aromatic rings. The highest BCUT2D eigenvalue weighted by Crippen LogP contribution is 2.27. The molecule has 0 saturated carbocycles. The first kappa shape index (κ1) is 15.6. The van der Waals surface area contributed by atoms with Crippen LogP contribution in [0.3, 0.4) is 0 Å². The molecule has 0 aromatic heterocycles. The molecule has 0 aliphatic carbocycles. The number of hydrogen-bond donors (Lipinski definition) is 1. The Balaban J connectivity index is 1.94. The van der Waals surface area contributed by atoms with Gasteiger partial charge in [0.05, 0.1) is 24.7 Å². The molecule has 0 radical (unpaired) electrons. The van der Waals surface area contributed by atoms with Gasteiger partial charge in [-0.2, -0.15) is 5.10 Å². The second-order valence-electron chi connectivity index (χ2n) is 5.16. The summed E-state index contributed by atoms with van der Waals surface area (Å²) >= 11 is 0. The van der Waals surface area contributed by atoms with E-state index in [2.05, 4.69) is 5.10 Å². The molecule has 0 amide bonds. The van der Waals surface area contributed by atoms with Gasteiger partial charge >= 0.3 is 0 Å². The van der Waals surface area contributed by atoms with E-state index in [1.165, 1.54) is 7.11 Å². The van der Waals surface area contributed by atoms with Gasteiger partial charge in [0.25, 0.3) is 0 Å². The van der Waals surface area contributed by atoms with Gasteiger partial charge in [0.1, 0.15) is 0 Å². The maximum absolute atomic E-state index is 9.89. The van der Waals surface area contributed by atoms with Gasteiger partial charge in [-0.1, -0.05) is 36.4 Å². The summed E-state index contributed by atoms with van der Waals surface area (Å²) < 4.78 is 5.06. The molecule has 0 aliphatic heterocycles. The average molecular weight is 318 g/mol. The summed E-state index contributed by atoms with van der Waals surface area (Å²) in [6.07, 6.45) is 1.71. The Morgan fingerprint density at radius 2 is 1.46 bits per heavy atom. The molecule has 0 bridgehead atoms. The molecule has 0 fully saturated rings. The Kier molecular flexibility index (Phi) is 4.77. The van der Waals surface area contributed by atoms with Crippen molar-refractivity contribution in [2.45, 2.75) is 0 Å². The predicted molar refractivity (Wildman–Crippen MR) is 97.3 cm³/mol. The van der Waals surface area contributed by atoms with Crippen molar-refractivity contribution >= 4 is 17.6 Å². The van der Waals surface area contributed by atoms with E-state index in [1.807, 2.05) is 71.7 Å². The number of para-hydroxylation sites is 2. The highest BCUT2D eigenvalue weighted by molar-refractivity contribution is 5.82. The standard InChI is InChI=1S/C20H18N2O2/c1-24-20-13-12-16(14-19(20)23)15-21-22(17-8-4-2-5-9-17)18-10-6-3-7-11-18/h2-15,23H,1H3.